The average molecular weight is 241 g/mol. The number of benzene rings is 1. The zero-order valence-corrected chi connectivity index (χ0v) is 8.91. The molecule has 4 nitrogen and oxygen atoms in total. The first-order valence-electron chi connectivity index (χ1n) is 4.59. The molecule has 0 aliphatic heterocycles. The van der Waals surface area contributed by atoms with Crippen LogP contribution < -0.4 is 0 Å². The van der Waals surface area contributed by atoms with Gasteiger partial charge in [-0.05, 0) is 17.7 Å². The van der Waals surface area contributed by atoms with E-state index in [4.69, 9.17) is 10.4 Å². The molecule has 0 fully saturated rings. The third-order valence-electron chi connectivity index (χ3n) is 2.21. The number of esters is 1. The molecule has 1 N–H and O–H groups in total. The molecule has 0 aliphatic rings. The minimum absolute atomic E-state index is 0.0303. The van der Waals surface area contributed by atoms with Crippen molar-refractivity contribution in [3.05, 3.63) is 34.4 Å². The number of aliphatic hydroxyl groups is 1. The Balaban J connectivity index is 3.47. The first-order valence-corrected chi connectivity index (χ1v) is 4.59. The number of nitriles is 1. The molecule has 0 unspecified atom stereocenters. The Labute approximate surface area is 96.0 Å². The number of carbonyl (C=O) groups excluding carboxylic acids is 1. The maximum atomic E-state index is 12.7. The maximum Gasteiger partial charge on any atom is 0.338 e. The smallest absolute Gasteiger partial charge is 0.338 e. The van der Waals surface area contributed by atoms with Gasteiger partial charge in [0.1, 0.15) is 0 Å². The van der Waals surface area contributed by atoms with Gasteiger partial charge in [-0.25, -0.2) is 13.6 Å². The van der Waals surface area contributed by atoms with Crippen LogP contribution in [-0.4, -0.2) is 18.2 Å². The van der Waals surface area contributed by atoms with Gasteiger partial charge in [0, 0.05) is 5.56 Å². The van der Waals surface area contributed by atoms with Crippen molar-refractivity contribution in [3.63, 3.8) is 0 Å². The molecular weight excluding hydrogens is 232 g/mol. The standard InChI is InChI=1S/C11H9F2NO3/c1-17-11(16)9-2-6(4-14)7(5-15)3-8(9)10(12)13/h2-3,10,15H,5H2,1H3. The van der Waals surface area contributed by atoms with Crippen LogP contribution in [0.1, 0.15) is 33.5 Å². The van der Waals surface area contributed by atoms with Crippen LogP contribution in [0.4, 0.5) is 8.78 Å². The van der Waals surface area contributed by atoms with Crippen LogP contribution in [0.15, 0.2) is 12.1 Å². The molecule has 0 amide bonds. The van der Waals surface area contributed by atoms with Gasteiger partial charge >= 0.3 is 5.97 Å². The minimum Gasteiger partial charge on any atom is -0.465 e. The van der Waals surface area contributed by atoms with Crippen molar-refractivity contribution in [1.82, 2.24) is 0 Å². The van der Waals surface area contributed by atoms with E-state index in [2.05, 4.69) is 4.74 Å². The van der Waals surface area contributed by atoms with Gasteiger partial charge in [0.05, 0.1) is 30.9 Å². The lowest BCUT2D eigenvalue weighted by molar-refractivity contribution is 0.0589. The van der Waals surface area contributed by atoms with Gasteiger partial charge in [-0.1, -0.05) is 0 Å². The molecule has 0 radical (unpaired) electrons. The third-order valence-corrected chi connectivity index (χ3v) is 2.21. The number of halogens is 2. The van der Waals surface area contributed by atoms with E-state index in [1.807, 2.05) is 0 Å². The summed E-state index contributed by atoms with van der Waals surface area (Å²) in [5, 5.41) is 17.7. The topological polar surface area (TPSA) is 70.3 Å². The number of methoxy groups -OCH3 is 1. The Morgan fingerprint density at radius 3 is 2.65 bits per heavy atom. The summed E-state index contributed by atoms with van der Waals surface area (Å²) in [5.74, 6) is -0.943. The molecule has 0 heterocycles. The predicted octanol–water partition coefficient (Wildman–Crippen LogP) is 1.77. The van der Waals surface area contributed by atoms with E-state index in [9.17, 15) is 13.6 Å². The summed E-state index contributed by atoms with van der Waals surface area (Å²) in [7, 11) is 1.06. The zero-order valence-electron chi connectivity index (χ0n) is 8.91. The van der Waals surface area contributed by atoms with Gasteiger partial charge < -0.3 is 9.84 Å². The molecule has 0 saturated carbocycles. The maximum absolute atomic E-state index is 12.7. The monoisotopic (exact) mass is 241 g/mol. The number of rotatable bonds is 3. The predicted molar refractivity (Wildman–Crippen MR) is 53.4 cm³/mol. The number of hydrogen-bond donors (Lipinski definition) is 1. The zero-order chi connectivity index (χ0) is 13.0. The number of aliphatic hydroxyl groups excluding tert-OH is 1. The summed E-state index contributed by atoms with van der Waals surface area (Å²) in [6.45, 7) is -0.552. The van der Waals surface area contributed by atoms with E-state index < -0.39 is 24.6 Å². The summed E-state index contributed by atoms with van der Waals surface area (Å²) in [4.78, 5) is 11.3. The van der Waals surface area contributed by atoms with E-state index in [-0.39, 0.29) is 16.7 Å². The van der Waals surface area contributed by atoms with Crippen molar-refractivity contribution in [3.8, 4) is 6.07 Å². The van der Waals surface area contributed by atoms with Crippen LogP contribution in [0.25, 0.3) is 0 Å². The molecule has 0 spiro atoms. The summed E-state index contributed by atoms with van der Waals surface area (Å²) >= 11 is 0. The van der Waals surface area contributed by atoms with Crippen molar-refractivity contribution >= 4 is 5.97 Å². The summed E-state index contributed by atoms with van der Waals surface area (Å²) < 4.78 is 29.8. The van der Waals surface area contributed by atoms with Crippen molar-refractivity contribution in [2.24, 2.45) is 0 Å². The second kappa shape index (κ2) is 5.37. The van der Waals surface area contributed by atoms with Crippen LogP contribution in [-0.2, 0) is 11.3 Å². The molecular formula is C11H9F2NO3. The second-order valence-corrected chi connectivity index (χ2v) is 3.16. The van der Waals surface area contributed by atoms with Crippen LogP contribution in [0.5, 0.6) is 0 Å². The lowest BCUT2D eigenvalue weighted by Crippen LogP contribution is -2.08. The summed E-state index contributed by atoms with van der Waals surface area (Å²) in [6.07, 6.45) is -2.89. The highest BCUT2D eigenvalue weighted by Crippen LogP contribution is 2.27. The average Bonchev–Trinajstić information content (AvgIpc) is 2.35. The number of ether oxygens (including phenoxy) is 1. The van der Waals surface area contributed by atoms with Gasteiger partial charge in [0.2, 0.25) is 0 Å². The largest absolute Gasteiger partial charge is 0.465 e. The first-order chi connectivity index (χ1) is 8.04. The fourth-order valence-electron chi connectivity index (χ4n) is 1.37. The van der Waals surface area contributed by atoms with Crippen LogP contribution in [0.3, 0.4) is 0 Å². The van der Waals surface area contributed by atoms with Crippen LogP contribution >= 0.6 is 0 Å². The second-order valence-electron chi connectivity index (χ2n) is 3.16. The van der Waals surface area contributed by atoms with Crippen molar-refractivity contribution < 1.29 is 23.4 Å². The third kappa shape index (κ3) is 2.57. The summed E-state index contributed by atoms with van der Waals surface area (Å²) in [6, 6.07) is 3.66. The lowest BCUT2D eigenvalue weighted by Gasteiger charge is -2.10. The van der Waals surface area contributed by atoms with Crippen molar-refractivity contribution in [2.45, 2.75) is 13.0 Å². The molecule has 17 heavy (non-hydrogen) atoms. The number of alkyl halides is 2. The minimum atomic E-state index is -2.89. The molecule has 0 bridgehead atoms. The fraction of sp³-hybridized carbons (Fsp3) is 0.273. The molecule has 0 aliphatic carbocycles. The molecule has 0 saturated heterocycles. The van der Waals surface area contributed by atoms with Gasteiger partial charge in [-0.2, -0.15) is 5.26 Å². The Bertz CT molecular complexity index is 480. The fourth-order valence-corrected chi connectivity index (χ4v) is 1.37. The van der Waals surface area contributed by atoms with E-state index in [0.29, 0.717) is 0 Å². The van der Waals surface area contributed by atoms with E-state index in [1.165, 1.54) is 0 Å². The Morgan fingerprint density at radius 1 is 1.59 bits per heavy atom. The molecule has 1 aromatic rings. The SMILES string of the molecule is COC(=O)c1cc(C#N)c(CO)cc1C(F)F. The summed E-state index contributed by atoms with van der Waals surface area (Å²) in [5.41, 5.74) is -0.899. The number of hydrogen-bond acceptors (Lipinski definition) is 4. The Kier molecular flexibility index (Phi) is 4.12. The molecule has 0 atom stereocenters. The van der Waals surface area contributed by atoms with E-state index in [0.717, 1.165) is 19.2 Å². The van der Waals surface area contributed by atoms with E-state index in [1.54, 1.807) is 6.07 Å². The highest BCUT2D eigenvalue weighted by molar-refractivity contribution is 5.91. The van der Waals surface area contributed by atoms with E-state index >= 15 is 0 Å². The highest BCUT2D eigenvalue weighted by Gasteiger charge is 2.21. The molecule has 1 rings (SSSR count). The molecule has 0 aromatic heterocycles. The van der Waals surface area contributed by atoms with Crippen molar-refractivity contribution in [1.29, 1.82) is 5.26 Å². The van der Waals surface area contributed by atoms with Crippen LogP contribution in [0, 0.1) is 11.3 Å². The van der Waals surface area contributed by atoms with Crippen LogP contribution in [0.2, 0.25) is 0 Å². The van der Waals surface area contributed by atoms with Gasteiger partial charge in [0.25, 0.3) is 6.43 Å². The molecule has 6 heteroatoms. The van der Waals surface area contributed by atoms with Gasteiger partial charge in [-0.15, -0.1) is 0 Å². The Morgan fingerprint density at radius 2 is 2.24 bits per heavy atom. The van der Waals surface area contributed by atoms with Crippen molar-refractivity contribution in [2.75, 3.05) is 7.11 Å². The van der Waals surface area contributed by atoms with Gasteiger partial charge in [-0.3, -0.25) is 0 Å². The first kappa shape index (κ1) is 13.1. The quantitative estimate of drug-likeness (QED) is 0.819. The normalized spacial score (nSPS) is 10.1. The van der Waals surface area contributed by atoms with Gasteiger partial charge in [0.15, 0.2) is 0 Å². The number of carbonyl (C=O) groups is 1. The Hall–Kier alpha value is -2.00. The lowest BCUT2D eigenvalue weighted by atomic mass is 9.99. The molecule has 90 valence electrons. The highest BCUT2D eigenvalue weighted by atomic mass is 19.3. The molecule has 1 aromatic carbocycles. The number of nitrogens with zero attached hydrogens (tertiary/aromatic N) is 1.